The molecule has 0 spiro atoms. The minimum Gasteiger partial charge on any atom is -0.396 e. The maximum Gasteiger partial charge on any atom is 0.153 e. The second-order valence-electron chi connectivity index (χ2n) is 4.37. The highest BCUT2D eigenvalue weighted by Crippen LogP contribution is 2.22. The molecule has 0 saturated carbocycles. The quantitative estimate of drug-likeness (QED) is 0.827. The summed E-state index contributed by atoms with van der Waals surface area (Å²) in [5, 5.41) is 3.23. The van der Waals surface area contributed by atoms with Crippen molar-refractivity contribution in [2.45, 2.75) is 20.8 Å². The van der Waals surface area contributed by atoms with Gasteiger partial charge in [-0.15, -0.1) is 0 Å². The predicted molar refractivity (Wildman–Crippen MR) is 72.6 cm³/mol. The average molecular weight is 227 g/mol. The third-order valence-corrected chi connectivity index (χ3v) is 2.82. The van der Waals surface area contributed by atoms with Crippen molar-refractivity contribution < 1.29 is 0 Å². The monoisotopic (exact) mass is 227 g/mol. The summed E-state index contributed by atoms with van der Waals surface area (Å²) >= 11 is 0. The first-order chi connectivity index (χ1) is 8.06. The Balaban J connectivity index is 2.28. The number of aryl methyl sites for hydroxylation is 3. The van der Waals surface area contributed by atoms with Gasteiger partial charge in [-0.05, 0) is 55.7 Å². The minimum absolute atomic E-state index is 0.670. The molecule has 1 aromatic carbocycles. The van der Waals surface area contributed by atoms with Gasteiger partial charge in [-0.2, -0.15) is 0 Å². The van der Waals surface area contributed by atoms with Crippen LogP contribution in [-0.2, 0) is 0 Å². The van der Waals surface area contributed by atoms with E-state index in [0.29, 0.717) is 11.5 Å². The fourth-order valence-corrected chi connectivity index (χ4v) is 1.65. The Bertz CT molecular complexity index is 547. The standard InChI is InChI=1S/C14H17N3/c1-9-6-13(15)14(16-8-9)17-12-5-4-10(2)11(3)7-12/h4-8H,15H2,1-3H3,(H,16,17). The first-order valence-corrected chi connectivity index (χ1v) is 5.62. The minimum atomic E-state index is 0.670. The molecule has 0 atom stereocenters. The number of nitrogens with one attached hydrogen (secondary N) is 1. The van der Waals surface area contributed by atoms with E-state index in [1.165, 1.54) is 11.1 Å². The zero-order chi connectivity index (χ0) is 12.4. The summed E-state index contributed by atoms with van der Waals surface area (Å²) in [6.45, 7) is 6.16. The summed E-state index contributed by atoms with van der Waals surface area (Å²) < 4.78 is 0. The highest BCUT2D eigenvalue weighted by atomic mass is 15.0. The van der Waals surface area contributed by atoms with Crippen LogP contribution in [0, 0.1) is 20.8 Å². The molecule has 0 amide bonds. The molecule has 3 heteroatoms. The smallest absolute Gasteiger partial charge is 0.153 e. The first kappa shape index (κ1) is 11.5. The third kappa shape index (κ3) is 2.56. The van der Waals surface area contributed by atoms with Crippen LogP contribution in [0.1, 0.15) is 16.7 Å². The van der Waals surface area contributed by atoms with Crippen LogP contribution in [0.5, 0.6) is 0 Å². The van der Waals surface area contributed by atoms with E-state index in [1.807, 2.05) is 19.1 Å². The number of hydrogen-bond acceptors (Lipinski definition) is 3. The predicted octanol–water partition coefficient (Wildman–Crippen LogP) is 3.33. The van der Waals surface area contributed by atoms with E-state index in [-0.39, 0.29) is 0 Å². The Morgan fingerprint density at radius 1 is 1.06 bits per heavy atom. The maximum atomic E-state index is 5.91. The Labute approximate surface area is 102 Å². The number of nitrogens with two attached hydrogens (primary N) is 1. The van der Waals surface area contributed by atoms with Gasteiger partial charge in [0.15, 0.2) is 5.82 Å². The first-order valence-electron chi connectivity index (χ1n) is 5.62. The third-order valence-electron chi connectivity index (χ3n) is 2.82. The van der Waals surface area contributed by atoms with Crippen molar-refractivity contribution in [1.29, 1.82) is 0 Å². The van der Waals surface area contributed by atoms with Gasteiger partial charge in [0.05, 0.1) is 5.69 Å². The number of hydrogen-bond donors (Lipinski definition) is 2. The largest absolute Gasteiger partial charge is 0.396 e. The van der Waals surface area contributed by atoms with Crippen LogP contribution in [0.15, 0.2) is 30.5 Å². The van der Waals surface area contributed by atoms with Crippen LogP contribution >= 0.6 is 0 Å². The molecular weight excluding hydrogens is 210 g/mol. The molecular formula is C14H17N3. The molecule has 0 radical (unpaired) electrons. The van der Waals surface area contributed by atoms with Gasteiger partial charge in [0.25, 0.3) is 0 Å². The van der Waals surface area contributed by atoms with E-state index < -0.39 is 0 Å². The molecule has 2 rings (SSSR count). The van der Waals surface area contributed by atoms with Gasteiger partial charge < -0.3 is 11.1 Å². The highest BCUT2D eigenvalue weighted by Gasteiger charge is 2.02. The summed E-state index contributed by atoms with van der Waals surface area (Å²) in [7, 11) is 0. The number of pyridine rings is 1. The van der Waals surface area contributed by atoms with E-state index in [2.05, 4.69) is 36.3 Å². The van der Waals surface area contributed by atoms with E-state index in [4.69, 9.17) is 5.73 Å². The lowest BCUT2D eigenvalue weighted by Crippen LogP contribution is -2.00. The molecule has 0 aliphatic rings. The number of aromatic nitrogens is 1. The van der Waals surface area contributed by atoms with Gasteiger partial charge in [-0.25, -0.2) is 4.98 Å². The molecule has 0 bridgehead atoms. The van der Waals surface area contributed by atoms with Crippen molar-refractivity contribution in [2.24, 2.45) is 0 Å². The molecule has 88 valence electrons. The zero-order valence-electron chi connectivity index (χ0n) is 10.4. The lowest BCUT2D eigenvalue weighted by Gasteiger charge is -2.10. The number of benzene rings is 1. The number of nitrogen functional groups attached to an aromatic ring is 1. The van der Waals surface area contributed by atoms with E-state index in [9.17, 15) is 0 Å². The molecule has 3 nitrogen and oxygen atoms in total. The molecule has 0 aliphatic heterocycles. The Kier molecular flexibility index (Phi) is 3.00. The number of anilines is 3. The van der Waals surface area contributed by atoms with Crippen LogP contribution in [0.4, 0.5) is 17.2 Å². The van der Waals surface area contributed by atoms with Crippen molar-refractivity contribution in [3.8, 4) is 0 Å². The molecule has 0 unspecified atom stereocenters. The van der Waals surface area contributed by atoms with Crippen LogP contribution in [0.25, 0.3) is 0 Å². The van der Waals surface area contributed by atoms with Crippen molar-refractivity contribution in [2.75, 3.05) is 11.1 Å². The Morgan fingerprint density at radius 2 is 1.82 bits per heavy atom. The lowest BCUT2D eigenvalue weighted by molar-refractivity contribution is 1.26. The van der Waals surface area contributed by atoms with Gasteiger partial charge in [0.1, 0.15) is 0 Å². The summed E-state index contributed by atoms with van der Waals surface area (Å²) in [6, 6.07) is 8.12. The topological polar surface area (TPSA) is 50.9 Å². The van der Waals surface area contributed by atoms with Crippen molar-refractivity contribution in [1.82, 2.24) is 4.98 Å². The SMILES string of the molecule is Cc1cnc(Nc2ccc(C)c(C)c2)c(N)c1. The van der Waals surface area contributed by atoms with Crippen LogP contribution in [0.3, 0.4) is 0 Å². The second kappa shape index (κ2) is 4.45. The zero-order valence-corrected chi connectivity index (χ0v) is 10.4. The van der Waals surface area contributed by atoms with E-state index >= 15 is 0 Å². The highest BCUT2D eigenvalue weighted by molar-refractivity contribution is 5.69. The summed E-state index contributed by atoms with van der Waals surface area (Å²) in [5.41, 5.74) is 11.2. The van der Waals surface area contributed by atoms with Crippen molar-refractivity contribution in [3.05, 3.63) is 47.2 Å². The molecule has 0 saturated heterocycles. The maximum absolute atomic E-state index is 5.91. The van der Waals surface area contributed by atoms with Crippen molar-refractivity contribution in [3.63, 3.8) is 0 Å². The molecule has 1 aromatic heterocycles. The van der Waals surface area contributed by atoms with Crippen LogP contribution < -0.4 is 11.1 Å². The van der Waals surface area contributed by atoms with Gasteiger partial charge in [0, 0.05) is 11.9 Å². The fourth-order valence-electron chi connectivity index (χ4n) is 1.65. The van der Waals surface area contributed by atoms with Gasteiger partial charge in [0.2, 0.25) is 0 Å². The van der Waals surface area contributed by atoms with Gasteiger partial charge >= 0.3 is 0 Å². The molecule has 3 N–H and O–H groups in total. The van der Waals surface area contributed by atoms with Crippen LogP contribution in [0.2, 0.25) is 0 Å². The Hall–Kier alpha value is -2.03. The second-order valence-corrected chi connectivity index (χ2v) is 4.37. The summed E-state index contributed by atoms with van der Waals surface area (Å²) in [5.74, 6) is 0.707. The molecule has 0 aliphatic carbocycles. The molecule has 17 heavy (non-hydrogen) atoms. The number of nitrogens with zero attached hydrogens (tertiary/aromatic N) is 1. The molecule has 0 fully saturated rings. The average Bonchev–Trinajstić information content (AvgIpc) is 2.27. The molecule has 1 heterocycles. The summed E-state index contributed by atoms with van der Waals surface area (Å²) in [6.07, 6.45) is 1.81. The van der Waals surface area contributed by atoms with Crippen LogP contribution in [-0.4, -0.2) is 4.98 Å². The van der Waals surface area contributed by atoms with Crippen molar-refractivity contribution >= 4 is 17.2 Å². The van der Waals surface area contributed by atoms with E-state index in [0.717, 1.165) is 11.3 Å². The van der Waals surface area contributed by atoms with Gasteiger partial charge in [-0.3, -0.25) is 0 Å². The lowest BCUT2D eigenvalue weighted by atomic mass is 10.1. The Morgan fingerprint density at radius 3 is 2.47 bits per heavy atom. The molecule has 2 aromatic rings. The summed E-state index contributed by atoms with van der Waals surface area (Å²) in [4.78, 5) is 4.29. The fraction of sp³-hybridized carbons (Fsp3) is 0.214. The van der Waals surface area contributed by atoms with Gasteiger partial charge in [-0.1, -0.05) is 6.07 Å². The number of rotatable bonds is 2. The normalized spacial score (nSPS) is 10.3. The van der Waals surface area contributed by atoms with E-state index in [1.54, 1.807) is 6.20 Å².